The largest absolute Gasteiger partial charge is 0.391 e. The van der Waals surface area contributed by atoms with Gasteiger partial charge in [0.15, 0.2) is 0 Å². The summed E-state index contributed by atoms with van der Waals surface area (Å²) in [6.07, 6.45) is 3.30. The molecule has 0 aromatic carbocycles. The smallest absolute Gasteiger partial charge is 0.271 e. The summed E-state index contributed by atoms with van der Waals surface area (Å²) in [7, 11) is 0. The van der Waals surface area contributed by atoms with Crippen molar-refractivity contribution in [2.24, 2.45) is 5.41 Å². The Morgan fingerprint density at radius 2 is 2.47 bits per heavy atom. The zero-order valence-corrected chi connectivity index (χ0v) is 8.31. The monoisotopic (exact) mass is 207 g/mol. The highest BCUT2D eigenvalue weighted by molar-refractivity contribution is 5.92. The fraction of sp³-hybridized carbons (Fsp3) is 0.600. The van der Waals surface area contributed by atoms with Crippen molar-refractivity contribution in [3.63, 3.8) is 0 Å². The number of aromatic amines is 1. The fourth-order valence-corrected chi connectivity index (χ4v) is 2.30. The number of carbonyl (C=O) groups excluding carboxylic acids is 1. The van der Waals surface area contributed by atoms with Crippen molar-refractivity contribution in [2.45, 2.75) is 18.9 Å². The van der Waals surface area contributed by atoms with E-state index in [4.69, 9.17) is 0 Å². The first kappa shape index (κ1) is 8.91. The highest BCUT2D eigenvalue weighted by Gasteiger charge is 2.55. The zero-order valence-electron chi connectivity index (χ0n) is 8.31. The molecule has 1 saturated heterocycles. The lowest BCUT2D eigenvalue weighted by atomic mass is 10.0. The van der Waals surface area contributed by atoms with Crippen LogP contribution in [0.5, 0.6) is 0 Å². The Labute approximate surface area is 87.1 Å². The van der Waals surface area contributed by atoms with Gasteiger partial charge in [-0.05, 0) is 18.9 Å². The second kappa shape index (κ2) is 2.82. The van der Waals surface area contributed by atoms with Crippen LogP contribution in [-0.4, -0.2) is 45.3 Å². The van der Waals surface area contributed by atoms with Crippen molar-refractivity contribution in [3.8, 4) is 0 Å². The van der Waals surface area contributed by atoms with Crippen LogP contribution in [-0.2, 0) is 0 Å². The number of nitrogens with one attached hydrogen (secondary N) is 1. The Kier molecular flexibility index (Phi) is 1.68. The van der Waals surface area contributed by atoms with Crippen LogP contribution >= 0.6 is 0 Å². The molecule has 15 heavy (non-hydrogen) atoms. The lowest BCUT2D eigenvalue weighted by Crippen LogP contribution is -2.29. The predicted octanol–water partition coefficient (Wildman–Crippen LogP) is 0.00660. The average Bonchev–Trinajstić information content (AvgIpc) is 2.70. The molecule has 1 aromatic rings. The van der Waals surface area contributed by atoms with E-state index in [-0.39, 0.29) is 17.4 Å². The van der Waals surface area contributed by atoms with Crippen molar-refractivity contribution in [1.82, 2.24) is 15.1 Å². The topological polar surface area (TPSA) is 69.2 Å². The molecule has 2 fully saturated rings. The molecule has 2 heterocycles. The van der Waals surface area contributed by atoms with Gasteiger partial charge in [-0.15, -0.1) is 0 Å². The molecule has 1 saturated carbocycles. The predicted molar refractivity (Wildman–Crippen MR) is 52.2 cm³/mol. The molecular formula is C10H13N3O2. The third-order valence-corrected chi connectivity index (χ3v) is 3.52. The molecule has 3 rings (SSSR count). The van der Waals surface area contributed by atoms with Gasteiger partial charge in [-0.1, -0.05) is 0 Å². The van der Waals surface area contributed by atoms with Crippen molar-refractivity contribution in [2.75, 3.05) is 13.1 Å². The van der Waals surface area contributed by atoms with Crippen molar-refractivity contribution < 1.29 is 9.90 Å². The van der Waals surface area contributed by atoms with Gasteiger partial charge in [0, 0.05) is 24.7 Å². The highest BCUT2D eigenvalue weighted by atomic mass is 16.3. The third-order valence-electron chi connectivity index (χ3n) is 3.52. The minimum atomic E-state index is -0.343. The summed E-state index contributed by atoms with van der Waals surface area (Å²) >= 11 is 0. The summed E-state index contributed by atoms with van der Waals surface area (Å²) in [6, 6.07) is 1.66. The molecular weight excluding hydrogens is 194 g/mol. The van der Waals surface area contributed by atoms with E-state index in [2.05, 4.69) is 10.2 Å². The van der Waals surface area contributed by atoms with Crippen molar-refractivity contribution in [3.05, 3.63) is 18.0 Å². The van der Waals surface area contributed by atoms with Gasteiger partial charge in [0.25, 0.3) is 5.91 Å². The molecule has 2 N–H and O–H groups in total. The van der Waals surface area contributed by atoms with Gasteiger partial charge in [-0.3, -0.25) is 9.89 Å². The SMILES string of the molecule is O=C(c1ccn[nH]1)N1CC(O)C2(CC2)C1. The van der Waals surface area contributed by atoms with E-state index in [0.29, 0.717) is 18.8 Å². The third kappa shape index (κ3) is 1.26. The second-order valence-corrected chi connectivity index (χ2v) is 4.53. The quantitative estimate of drug-likeness (QED) is 0.681. The molecule has 1 spiro atoms. The van der Waals surface area contributed by atoms with Gasteiger partial charge in [-0.2, -0.15) is 5.10 Å². The number of hydrogen-bond acceptors (Lipinski definition) is 3. The summed E-state index contributed by atoms with van der Waals surface area (Å²) < 4.78 is 0. The molecule has 1 amide bonds. The number of carbonyl (C=O) groups is 1. The molecule has 1 aliphatic heterocycles. The molecule has 80 valence electrons. The van der Waals surface area contributed by atoms with Crippen LogP contribution in [0.25, 0.3) is 0 Å². The van der Waals surface area contributed by atoms with Gasteiger partial charge in [0.2, 0.25) is 0 Å². The summed E-state index contributed by atoms with van der Waals surface area (Å²) in [4.78, 5) is 13.6. The van der Waals surface area contributed by atoms with E-state index in [1.807, 2.05) is 0 Å². The van der Waals surface area contributed by atoms with Crippen LogP contribution in [0.3, 0.4) is 0 Å². The maximum atomic E-state index is 11.9. The number of H-pyrrole nitrogens is 1. The van der Waals surface area contributed by atoms with E-state index < -0.39 is 0 Å². The number of aliphatic hydroxyl groups excluding tert-OH is 1. The highest BCUT2D eigenvalue weighted by Crippen LogP contribution is 2.52. The Hall–Kier alpha value is -1.36. The standard InChI is InChI=1S/C10H13N3O2/c14-8-5-13(6-10(8)2-3-10)9(15)7-1-4-11-12-7/h1,4,8,14H,2-3,5-6H2,(H,11,12). The van der Waals surface area contributed by atoms with Crippen LogP contribution in [0.15, 0.2) is 12.3 Å². The zero-order chi connectivity index (χ0) is 10.5. The van der Waals surface area contributed by atoms with Gasteiger partial charge in [0.05, 0.1) is 6.10 Å². The number of hydrogen-bond donors (Lipinski definition) is 2. The van der Waals surface area contributed by atoms with Crippen LogP contribution in [0.1, 0.15) is 23.3 Å². The van der Waals surface area contributed by atoms with E-state index in [9.17, 15) is 9.90 Å². The van der Waals surface area contributed by atoms with Crippen molar-refractivity contribution >= 4 is 5.91 Å². The number of aliphatic hydroxyl groups is 1. The van der Waals surface area contributed by atoms with Gasteiger partial charge >= 0.3 is 0 Å². The Balaban J connectivity index is 1.77. The Morgan fingerprint density at radius 1 is 1.67 bits per heavy atom. The maximum absolute atomic E-state index is 11.9. The molecule has 1 aromatic heterocycles. The summed E-state index contributed by atoms with van der Waals surface area (Å²) in [5.74, 6) is -0.0599. The van der Waals surface area contributed by atoms with Crippen LogP contribution in [0.2, 0.25) is 0 Å². The van der Waals surface area contributed by atoms with E-state index in [1.165, 1.54) is 0 Å². The van der Waals surface area contributed by atoms with E-state index >= 15 is 0 Å². The number of β-amino-alcohol motifs (C(OH)–C–C–N with tert-alkyl or cyclic N) is 1. The van der Waals surface area contributed by atoms with Gasteiger partial charge in [-0.25, -0.2) is 0 Å². The number of likely N-dealkylation sites (tertiary alicyclic amines) is 1. The summed E-state index contributed by atoms with van der Waals surface area (Å²) in [5.41, 5.74) is 0.523. The first-order valence-electron chi connectivity index (χ1n) is 5.18. The second-order valence-electron chi connectivity index (χ2n) is 4.53. The van der Waals surface area contributed by atoms with E-state index in [1.54, 1.807) is 17.2 Å². The van der Waals surface area contributed by atoms with Crippen molar-refractivity contribution in [1.29, 1.82) is 0 Å². The molecule has 0 radical (unpaired) electrons. The first-order chi connectivity index (χ1) is 7.21. The maximum Gasteiger partial charge on any atom is 0.271 e. The van der Waals surface area contributed by atoms with Crippen LogP contribution in [0, 0.1) is 5.41 Å². The minimum absolute atomic E-state index is 0.0235. The number of nitrogens with zero attached hydrogens (tertiary/aromatic N) is 2. The lowest BCUT2D eigenvalue weighted by molar-refractivity contribution is 0.0758. The van der Waals surface area contributed by atoms with Crippen LogP contribution in [0.4, 0.5) is 0 Å². The summed E-state index contributed by atoms with van der Waals surface area (Å²) in [5, 5.41) is 16.2. The lowest BCUT2D eigenvalue weighted by Gasteiger charge is -2.14. The molecule has 2 aliphatic rings. The Morgan fingerprint density at radius 3 is 3.00 bits per heavy atom. The van der Waals surface area contributed by atoms with Crippen LogP contribution < -0.4 is 0 Å². The number of rotatable bonds is 1. The summed E-state index contributed by atoms with van der Waals surface area (Å²) in [6.45, 7) is 1.14. The Bertz CT molecular complexity index is 383. The number of amides is 1. The molecule has 1 atom stereocenters. The molecule has 5 nitrogen and oxygen atoms in total. The molecule has 5 heteroatoms. The fourth-order valence-electron chi connectivity index (χ4n) is 2.30. The van der Waals surface area contributed by atoms with E-state index in [0.717, 1.165) is 12.8 Å². The molecule has 1 unspecified atom stereocenters. The first-order valence-corrected chi connectivity index (χ1v) is 5.18. The van der Waals surface area contributed by atoms with Gasteiger partial charge < -0.3 is 10.0 Å². The van der Waals surface area contributed by atoms with Gasteiger partial charge in [0.1, 0.15) is 5.69 Å². The number of aromatic nitrogens is 2. The molecule has 0 bridgehead atoms. The normalized spacial score (nSPS) is 27.3. The minimum Gasteiger partial charge on any atom is -0.391 e. The molecule has 1 aliphatic carbocycles. The average molecular weight is 207 g/mol.